The number of pyridine rings is 3. The molecule has 0 saturated carbocycles. The molecular weight excluding hydrogens is 408 g/mol. The van der Waals surface area contributed by atoms with Crippen molar-refractivity contribution in [2.45, 2.75) is 29.6 Å². The van der Waals surface area contributed by atoms with Gasteiger partial charge in [0, 0.05) is 24.2 Å². The Morgan fingerprint density at radius 1 is 1.00 bits per heavy atom. The van der Waals surface area contributed by atoms with E-state index in [4.69, 9.17) is 16.0 Å². The highest BCUT2D eigenvalue weighted by Crippen LogP contribution is 2.38. The van der Waals surface area contributed by atoms with Crippen LogP contribution in [0.5, 0.6) is 0 Å². The number of aromatic nitrogens is 4. The van der Waals surface area contributed by atoms with Crippen molar-refractivity contribution in [3.05, 3.63) is 71.8 Å². The van der Waals surface area contributed by atoms with Crippen molar-refractivity contribution in [2.75, 3.05) is 0 Å². The number of hydrogen-bond donors (Lipinski definition) is 1. The molecule has 1 N–H and O–H groups in total. The quantitative estimate of drug-likeness (QED) is 0.469. The van der Waals surface area contributed by atoms with Crippen LogP contribution in [0, 0.1) is 0 Å². The van der Waals surface area contributed by atoms with E-state index < -0.39 is 5.60 Å². The van der Waals surface area contributed by atoms with E-state index in [0.717, 1.165) is 10.6 Å². The van der Waals surface area contributed by atoms with Crippen LogP contribution in [0.15, 0.2) is 75.6 Å². The number of hydrogen-bond acceptors (Lipinski definition) is 7. The molecule has 0 radical (unpaired) electrons. The number of aliphatic hydroxyl groups is 1. The third-order valence-corrected chi connectivity index (χ3v) is 5.18. The summed E-state index contributed by atoms with van der Waals surface area (Å²) in [5.41, 5.74) is 1.57. The standard InChI is InChI=1S/C21H17ClN4O2S/c1-21(2,27)16-8-6-13(11-24-16)18-20(29-17-9-7-14(22)12-25-17)28-19(26-18)15-5-3-4-10-23-15/h3-12,27H,1-2H3. The first-order valence-electron chi connectivity index (χ1n) is 8.81. The van der Waals surface area contributed by atoms with Crippen molar-refractivity contribution in [3.8, 4) is 22.8 Å². The van der Waals surface area contributed by atoms with Gasteiger partial charge >= 0.3 is 0 Å². The van der Waals surface area contributed by atoms with Crippen molar-refractivity contribution in [2.24, 2.45) is 0 Å². The summed E-state index contributed by atoms with van der Waals surface area (Å²) >= 11 is 7.27. The summed E-state index contributed by atoms with van der Waals surface area (Å²) in [5, 5.41) is 12.0. The van der Waals surface area contributed by atoms with Gasteiger partial charge in [-0.25, -0.2) is 9.97 Å². The van der Waals surface area contributed by atoms with E-state index in [9.17, 15) is 5.11 Å². The van der Waals surface area contributed by atoms with Gasteiger partial charge in [0.1, 0.15) is 22.0 Å². The molecule has 0 aromatic carbocycles. The second-order valence-electron chi connectivity index (χ2n) is 6.78. The van der Waals surface area contributed by atoms with Crippen LogP contribution >= 0.6 is 23.4 Å². The molecule has 0 spiro atoms. The average Bonchev–Trinajstić information content (AvgIpc) is 3.14. The summed E-state index contributed by atoms with van der Waals surface area (Å²) < 4.78 is 6.03. The molecule has 4 aromatic rings. The number of nitrogens with zero attached hydrogens (tertiary/aromatic N) is 4. The zero-order chi connectivity index (χ0) is 20.4. The molecule has 4 rings (SSSR count). The molecule has 0 aliphatic carbocycles. The van der Waals surface area contributed by atoms with E-state index in [1.54, 1.807) is 44.6 Å². The fraction of sp³-hybridized carbons (Fsp3) is 0.143. The maximum Gasteiger partial charge on any atom is 0.246 e. The van der Waals surface area contributed by atoms with E-state index in [2.05, 4.69) is 19.9 Å². The highest BCUT2D eigenvalue weighted by molar-refractivity contribution is 7.99. The van der Waals surface area contributed by atoms with Gasteiger partial charge in [-0.05, 0) is 62.0 Å². The molecule has 0 amide bonds. The summed E-state index contributed by atoms with van der Waals surface area (Å²) in [6, 6.07) is 12.8. The van der Waals surface area contributed by atoms with Crippen LogP contribution in [-0.4, -0.2) is 25.0 Å². The fourth-order valence-corrected chi connectivity index (χ4v) is 3.49. The van der Waals surface area contributed by atoms with E-state index in [1.807, 2.05) is 30.3 Å². The highest BCUT2D eigenvalue weighted by atomic mass is 35.5. The molecule has 0 bridgehead atoms. The number of oxazole rings is 1. The monoisotopic (exact) mass is 424 g/mol. The van der Waals surface area contributed by atoms with Crippen LogP contribution in [0.2, 0.25) is 5.02 Å². The van der Waals surface area contributed by atoms with Gasteiger partial charge in [-0.1, -0.05) is 17.7 Å². The molecule has 146 valence electrons. The Labute approximate surface area is 177 Å². The molecule has 0 fully saturated rings. The predicted octanol–water partition coefficient (Wildman–Crippen LogP) is 5.23. The molecular formula is C21H17ClN4O2S. The first-order chi connectivity index (χ1) is 13.9. The maximum atomic E-state index is 10.1. The molecule has 0 aliphatic rings. The van der Waals surface area contributed by atoms with E-state index in [-0.39, 0.29) is 0 Å². The van der Waals surface area contributed by atoms with Gasteiger partial charge in [-0.15, -0.1) is 0 Å². The second kappa shape index (κ2) is 7.94. The molecule has 4 aromatic heterocycles. The topological polar surface area (TPSA) is 84.9 Å². The van der Waals surface area contributed by atoms with Crippen molar-refractivity contribution in [3.63, 3.8) is 0 Å². The highest BCUT2D eigenvalue weighted by Gasteiger charge is 2.21. The smallest absolute Gasteiger partial charge is 0.246 e. The normalized spacial score (nSPS) is 11.6. The Bertz CT molecular complexity index is 1110. The van der Waals surface area contributed by atoms with Crippen molar-refractivity contribution < 1.29 is 9.52 Å². The van der Waals surface area contributed by atoms with Crippen LogP contribution in [0.1, 0.15) is 19.5 Å². The van der Waals surface area contributed by atoms with Crippen LogP contribution in [0.25, 0.3) is 22.8 Å². The first-order valence-corrected chi connectivity index (χ1v) is 10.0. The lowest BCUT2D eigenvalue weighted by Gasteiger charge is -2.16. The number of halogens is 1. The van der Waals surface area contributed by atoms with Crippen LogP contribution in [0.4, 0.5) is 0 Å². The zero-order valence-electron chi connectivity index (χ0n) is 15.7. The van der Waals surface area contributed by atoms with Gasteiger partial charge in [0.2, 0.25) is 5.89 Å². The molecule has 0 atom stereocenters. The van der Waals surface area contributed by atoms with Crippen molar-refractivity contribution >= 4 is 23.4 Å². The summed E-state index contributed by atoms with van der Waals surface area (Å²) in [6.07, 6.45) is 4.94. The lowest BCUT2D eigenvalue weighted by Crippen LogP contribution is -2.17. The van der Waals surface area contributed by atoms with Gasteiger partial charge in [0.05, 0.1) is 10.7 Å². The molecule has 29 heavy (non-hydrogen) atoms. The Morgan fingerprint density at radius 2 is 1.86 bits per heavy atom. The maximum absolute atomic E-state index is 10.1. The van der Waals surface area contributed by atoms with Gasteiger partial charge in [0.15, 0.2) is 5.09 Å². The Kier molecular flexibility index (Phi) is 5.36. The summed E-state index contributed by atoms with van der Waals surface area (Å²) in [6.45, 7) is 3.38. The van der Waals surface area contributed by atoms with Gasteiger partial charge in [-0.2, -0.15) is 0 Å². The third kappa shape index (κ3) is 4.48. The van der Waals surface area contributed by atoms with Crippen molar-refractivity contribution in [1.82, 2.24) is 19.9 Å². The summed E-state index contributed by atoms with van der Waals surface area (Å²) in [7, 11) is 0. The van der Waals surface area contributed by atoms with E-state index >= 15 is 0 Å². The molecule has 8 heteroatoms. The minimum Gasteiger partial charge on any atom is -0.427 e. The number of rotatable bonds is 5. The fourth-order valence-electron chi connectivity index (χ4n) is 2.57. The Hall–Kier alpha value is -2.74. The molecule has 6 nitrogen and oxygen atoms in total. The van der Waals surface area contributed by atoms with Crippen LogP contribution in [-0.2, 0) is 5.60 Å². The van der Waals surface area contributed by atoms with E-state index in [1.165, 1.54) is 11.8 Å². The molecule has 0 unspecified atom stereocenters. The molecule has 0 saturated heterocycles. The largest absolute Gasteiger partial charge is 0.427 e. The van der Waals surface area contributed by atoms with Gasteiger partial charge < -0.3 is 9.52 Å². The first kappa shape index (κ1) is 19.6. The average molecular weight is 425 g/mol. The van der Waals surface area contributed by atoms with E-state index in [0.29, 0.717) is 33.1 Å². The predicted molar refractivity (Wildman–Crippen MR) is 112 cm³/mol. The van der Waals surface area contributed by atoms with Gasteiger partial charge in [0.25, 0.3) is 0 Å². The van der Waals surface area contributed by atoms with Crippen molar-refractivity contribution in [1.29, 1.82) is 0 Å². The third-order valence-electron chi connectivity index (χ3n) is 4.04. The Morgan fingerprint density at radius 3 is 2.48 bits per heavy atom. The van der Waals surface area contributed by atoms with Gasteiger partial charge in [-0.3, -0.25) is 9.97 Å². The molecule has 0 aliphatic heterocycles. The summed E-state index contributed by atoms with van der Waals surface area (Å²) in [5.74, 6) is 0.406. The van der Waals surface area contributed by atoms with Crippen LogP contribution in [0.3, 0.4) is 0 Å². The minimum absolute atomic E-state index is 0.406. The zero-order valence-corrected chi connectivity index (χ0v) is 17.3. The lowest BCUT2D eigenvalue weighted by molar-refractivity contribution is 0.0739. The minimum atomic E-state index is -1.02. The molecule has 4 heterocycles. The Balaban J connectivity index is 1.76. The summed E-state index contributed by atoms with van der Waals surface area (Å²) in [4.78, 5) is 17.7. The lowest BCUT2D eigenvalue weighted by atomic mass is 10.0. The van der Waals surface area contributed by atoms with Crippen LogP contribution < -0.4 is 0 Å². The second-order valence-corrected chi connectivity index (χ2v) is 8.21. The SMILES string of the molecule is CC(C)(O)c1ccc(-c2nc(-c3ccccn3)oc2Sc2ccc(Cl)cn2)cn1.